The van der Waals surface area contributed by atoms with Gasteiger partial charge in [0.05, 0.1) is 6.42 Å². The van der Waals surface area contributed by atoms with Crippen molar-refractivity contribution in [3.05, 3.63) is 0 Å². The quantitative estimate of drug-likeness (QED) is 0.735. The standard InChI is InChI=1S/C9H18O4S/c1-9(2,7-8(10)11)5-4-6-14(3,12)13/h4-7H2,1-3H3,(H,10,11). The van der Waals surface area contributed by atoms with Crippen molar-refractivity contribution < 1.29 is 18.3 Å². The predicted octanol–water partition coefficient (Wildman–Crippen LogP) is 1.31. The van der Waals surface area contributed by atoms with E-state index in [9.17, 15) is 13.2 Å². The third kappa shape index (κ3) is 8.04. The summed E-state index contributed by atoms with van der Waals surface area (Å²) in [6, 6.07) is 0. The van der Waals surface area contributed by atoms with E-state index in [1.54, 1.807) is 0 Å². The fourth-order valence-electron chi connectivity index (χ4n) is 1.31. The predicted molar refractivity (Wildman–Crippen MR) is 55.0 cm³/mol. The van der Waals surface area contributed by atoms with Crippen molar-refractivity contribution >= 4 is 15.8 Å². The highest BCUT2D eigenvalue weighted by atomic mass is 32.2. The summed E-state index contributed by atoms with van der Waals surface area (Å²) in [6.07, 6.45) is 2.42. The summed E-state index contributed by atoms with van der Waals surface area (Å²) in [5.74, 6) is -0.704. The van der Waals surface area contributed by atoms with Crippen LogP contribution in [0.1, 0.15) is 33.1 Å². The molecule has 5 heteroatoms. The second kappa shape index (κ2) is 4.77. The zero-order valence-corrected chi connectivity index (χ0v) is 9.73. The first-order valence-corrected chi connectivity index (χ1v) is 6.58. The normalized spacial score (nSPS) is 12.8. The highest BCUT2D eigenvalue weighted by Crippen LogP contribution is 2.26. The molecule has 0 atom stereocenters. The van der Waals surface area contributed by atoms with Gasteiger partial charge in [-0.3, -0.25) is 4.79 Å². The molecule has 84 valence electrons. The first-order chi connectivity index (χ1) is 6.12. The highest BCUT2D eigenvalue weighted by Gasteiger charge is 2.21. The Balaban J connectivity index is 3.94. The lowest BCUT2D eigenvalue weighted by molar-refractivity contribution is -0.139. The summed E-state index contributed by atoms with van der Waals surface area (Å²) < 4.78 is 21.6. The van der Waals surface area contributed by atoms with Crippen molar-refractivity contribution in [1.29, 1.82) is 0 Å². The summed E-state index contributed by atoms with van der Waals surface area (Å²) in [6.45, 7) is 3.67. The summed E-state index contributed by atoms with van der Waals surface area (Å²) in [5, 5.41) is 8.59. The van der Waals surface area contributed by atoms with Crippen molar-refractivity contribution in [2.45, 2.75) is 33.1 Å². The van der Waals surface area contributed by atoms with E-state index in [1.165, 1.54) is 6.26 Å². The molecular weight excluding hydrogens is 204 g/mol. The zero-order chi connectivity index (χ0) is 11.4. The molecule has 0 spiro atoms. The maximum Gasteiger partial charge on any atom is 0.303 e. The number of carbonyl (C=O) groups is 1. The van der Waals surface area contributed by atoms with Gasteiger partial charge in [0, 0.05) is 12.0 Å². The molecule has 0 aromatic carbocycles. The van der Waals surface area contributed by atoms with Crippen LogP contribution in [0.5, 0.6) is 0 Å². The van der Waals surface area contributed by atoms with E-state index in [4.69, 9.17) is 5.11 Å². The average molecular weight is 222 g/mol. The van der Waals surface area contributed by atoms with Crippen LogP contribution in [-0.2, 0) is 14.6 Å². The minimum atomic E-state index is -2.92. The number of hydrogen-bond donors (Lipinski definition) is 1. The van der Waals surface area contributed by atoms with Gasteiger partial charge in [-0.15, -0.1) is 0 Å². The number of aliphatic carboxylic acids is 1. The van der Waals surface area contributed by atoms with Crippen LogP contribution in [0.3, 0.4) is 0 Å². The molecule has 14 heavy (non-hydrogen) atoms. The van der Waals surface area contributed by atoms with Gasteiger partial charge in [-0.25, -0.2) is 8.42 Å². The molecule has 0 saturated carbocycles. The SMILES string of the molecule is CC(C)(CCCS(C)(=O)=O)CC(=O)O. The van der Waals surface area contributed by atoms with Crippen molar-refractivity contribution in [3.8, 4) is 0 Å². The van der Waals surface area contributed by atoms with E-state index < -0.39 is 15.8 Å². The van der Waals surface area contributed by atoms with Crippen LogP contribution in [0.4, 0.5) is 0 Å². The fourth-order valence-corrected chi connectivity index (χ4v) is 1.98. The Morgan fingerprint density at radius 2 is 1.86 bits per heavy atom. The Hall–Kier alpha value is -0.580. The molecule has 0 aliphatic carbocycles. The van der Waals surface area contributed by atoms with Gasteiger partial charge < -0.3 is 5.11 Å². The lowest BCUT2D eigenvalue weighted by Crippen LogP contribution is -2.18. The van der Waals surface area contributed by atoms with Crippen LogP contribution in [-0.4, -0.2) is 31.5 Å². The van der Waals surface area contributed by atoms with E-state index in [0.29, 0.717) is 12.8 Å². The molecular formula is C9H18O4S. The van der Waals surface area contributed by atoms with Crippen LogP contribution in [0.25, 0.3) is 0 Å². The number of carboxylic acid groups (broad SMARTS) is 1. The summed E-state index contributed by atoms with van der Waals surface area (Å²) in [4.78, 5) is 10.5. The van der Waals surface area contributed by atoms with E-state index in [-0.39, 0.29) is 17.6 Å². The third-order valence-corrected chi connectivity index (χ3v) is 3.03. The Kier molecular flexibility index (Phi) is 4.58. The number of sulfone groups is 1. The minimum Gasteiger partial charge on any atom is -0.481 e. The number of hydrogen-bond acceptors (Lipinski definition) is 3. The van der Waals surface area contributed by atoms with Gasteiger partial charge in [-0.1, -0.05) is 13.8 Å². The molecule has 0 saturated heterocycles. The van der Waals surface area contributed by atoms with Crippen LogP contribution in [0, 0.1) is 5.41 Å². The summed E-state index contributed by atoms with van der Waals surface area (Å²) in [7, 11) is -2.92. The Labute approximate surface area is 85.2 Å². The first kappa shape index (κ1) is 13.4. The van der Waals surface area contributed by atoms with Gasteiger partial charge in [0.1, 0.15) is 9.84 Å². The fraction of sp³-hybridized carbons (Fsp3) is 0.889. The highest BCUT2D eigenvalue weighted by molar-refractivity contribution is 7.90. The largest absolute Gasteiger partial charge is 0.481 e. The Bertz CT molecular complexity index is 290. The van der Waals surface area contributed by atoms with Crippen LogP contribution < -0.4 is 0 Å². The molecule has 0 aliphatic heterocycles. The second-order valence-electron chi connectivity index (χ2n) is 4.47. The first-order valence-electron chi connectivity index (χ1n) is 4.52. The van der Waals surface area contributed by atoms with Crippen LogP contribution >= 0.6 is 0 Å². The molecule has 0 aromatic rings. The smallest absolute Gasteiger partial charge is 0.303 e. The lowest BCUT2D eigenvalue weighted by Gasteiger charge is -2.21. The molecule has 0 aromatic heterocycles. The molecule has 0 bridgehead atoms. The number of carboxylic acids is 1. The van der Waals surface area contributed by atoms with Crippen LogP contribution in [0.2, 0.25) is 0 Å². The van der Waals surface area contributed by atoms with Gasteiger partial charge in [-0.2, -0.15) is 0 Å². The van der Waals surface area contributed by atoms with Gasteiger partial charge in [0.25, 0.3) is 0 Å². The van der Waals surface area contributed by atoms with Gasteiger partial charge in [0.2, 0.25) is 0 Å². The van der Waals surface area contributed by atoms with Crippen molar-refractivity contribution in [2.75, 3.05) is 12.0 Å². The minimum absolute atomic E-state index is 0.0801. The molecule has 0 amide bonds. The molecule has 0 rings (SSSR count). The van der Waals surface area contributed by atoms with Gasteiger partial charge in [-0.05, 0) is 18.3 Å². The Morgan fingerprint density at radius 1 is 1.36 bits per heavy atom. The molecule has 0 heterocycles. The molecule has 0 radical (unpaired) electrons. The molecule has 4 nitrogen and oxygen atoms in total. The molecule has 0 aliphatic rings. The van der Waals surface area contributed by atoms with E-state index >= 15 is 0 Å². The Morgan fingerprint density at radius 3 is 2.21 bits per heavy atom. The molecule has 0 unspecified atom stereocenters. The third-order valence-electron chi connectivity index (χ3n) is 2.00. The van der Waals surface area contributed by atoms with Gasteiger partial charge >= 0.3 is 5.97 Å². The second-order valence-corrected chi connectivity index (χ2v) is 6.73. The van der Waals surface area contributed by atoms with Crippen LogP contribution in [0.15, 0.2) is 0 Å². The zero-order valence-electron chi connectivity index (χ0n) is 8.91. The van der Waals surface area contributed by atoms with Crippen molar-refractivity contribution in [1.82, 2.24) is 0 Å². The topological polar surface area (TPSA) is 71.4 Å². The maximum atomic E-state index is 10.8. The summed E-state index contributed by atoms with van der Waals surface area (Å²) in [5.41, 5.74) is -0.323. The van der Waals surface area contributed by atoms with E-state index in [0.717, 1.165) is 0 Å². The average Bonchev–Trinajstić information content (AvgIpc) is 1.78. The summed E-state index contributed by atoms with van der Waals surface area (Å²) >= 11 is 0. The number of rotatable bonds is 6. The van der Waals surface area contributed by atoms with Crippen molar-refractivity contribution in [3.63, 3.8) is 0 Å². The van der Waals surface area contributed by atoms with Crippen molar-refractivity contribution in [2.24, 2.45) is 5.41 Å². The van der Waals surface area contributed by atoms with Gasteiger partial charge in [0.15, 0.2) is 0 Å². The molecule has 0 fully saturated rings. The van der Waals surface area contributed by atoms with E-state index in [1.807, 2.05) is 13.8 Å². The maximum absolute atomic E-state index is 10.8. The van der Waals surface area contributed by atoms with E-state index in [2.05, 4.69) is 0 Å². The monoisotopic (exact) mass is 222 g/mol. The molecule has 1 N–H and O–H groups in total. The lowest BCUT2D eigenvalue weighted by atomic mass is 9.85.